The fraction of sp³-hybridized carbons (Fsp3) is 0.400. The van der Waals surface area contributed by atoms with E-state index < -0.39 is 0 Å². The van der Waals surface area contributed by atoms with E-state index in [2.05, 4.69) is 42.0 Å². The van der Waals surface area contributed by atoms with Gasteiger partial charge in [-0.15, -0.1) is 0 Å². The van der Waals surface area contributed by atoms with E-state index in [9.17, 15) is 0 Å². The molecule has 1 N–H and O–H groups in total. The summed E-state index contributed by atoms with van der Waals surface area (Å²) in [5.74, 6) is 1.15. The Morgan fingerprint density at radius 3 is 2.67 bits per heavy atom. The summed E-state index contributed by atoms with van der Waals surface area (Å²) in [6.07, 6.45) is 1.15. The Hall–Kier alpha value is -0.470. The van der Waals surface area contributed by atoms with E-state index in [1.54, 1.807) is 11.9 Å². The quantitative estimate of drug-likeness (QED) is 0.553. The van der Waals surface area contributed by atoms with E-state index in [0.29, 0.717) is 0 Å². The summed E-state index contributed by atoms with van der Waals surface area (Å²) < 4.78 is 3.24. The van der Waals surface area contributed by atoms with Crippen molar-refractivity contribution in [2.75, 3.05) is 12.3 Å². The van der Waals surface area contributed by atoms with Crippen molar-refractivity contribution in [2.24, 2.45) is 0 Å². The number of hydrogen-bond acceptors (Lipinski definition) is 2. The molecule has 0 unspecified atom stereocenters. The summed E-state index contributed by atoms with van der Waals surface area (Å²) in [4.78, 5) is 0. The zero-order valence-corrected chi connectivity index (χ0v) is 8.23. The summed E-state index contributed by atoms with van der Waals surface area (Å²) in [6.45, 7) is 3.16. The van der Waals surface area contributed by atoms with Gasteiger partial charge in [0.05, 0.1) is 0 Å². The predicted octanol–water partition coefficient (Wildman–Crippen LogP) is 2.49. The molecule has 0 saturated carbocycles. The molecule has 2 heteroatoms. The average Bonchev–Trinajstić information content (AvgIpc) is 2.14. The number of benzene rings is 1. The first-order chi connectivity index (χ1) is 5.93. The van der Waals surface area contributed by atoms with Crippen LogP contribution in [0.25, 0.3) is 0 Å². The molecule has 0 aliphatic rings. The molecule has 0 bridgehead atoms. The Morgan fingerprint density at radius 1 is 1.25 bits per heavy atom. The minimum atomic E-state index is 1.04. The molecule has 0 heterocycles. The number of rotatable bonds is 5. The Kier molecular flexibility index (Phi) is 4.88. The lowest BCUT2D eigenvalue weighted by Crippen LogP contribution is -2.03. The molecule has 0 spiro atoms. The first-order valence-corrected chi connectivity index (χ1v) is 5.30. The summed E-state index contributed by atoms with van der Waals surface area (Å²) >= 11 is 1.80. The van der Waals surface area contributed by atoms with Crippen LogP contribution >= 0.6 is 11.9 Å². The van der Waals surface area contributed by atoms with Crippen LogP contribution in [-0.2, 0) is 6.42 Å². The van der Waals surface area contributed by atoms with Crippen LogP contribution in [-0.4, -0.2) is 12.3 Å². The van der Waals surface area contributed by atoms with Crippen molar-refractivity contribution in [1.29, 1.82) is 0 Å². The third kappa shape index (κ3) is 3.79. The molecule has 0 saturated heterocycles. The van der Waals surface area contributed by atoms with Gasteiger partial charge in [0.25, 0.3) is 0 Å². The van der Waals surface area contributed by atoms with Gasteiger partial charge in [0.2, 0.25) is 0 Å². The van der Waals surface area contributed by atoms with Crippen molar-refractivity contribution in [3.63, 3.8) is 0 Å². The zero-order chi connectivity index (χ0) is 8.65. The lowest BCUT2D eigenvalue weighted by atomic mass is 10.2. The molecule has 0 radical (unpaired) electrons. The van der Waals surface area contributed by atoms with Crippen molar-refractivity contribution in [3.05, 3.63) is 35.9 Å². The summed E-state index contributed by atoms with van der Waals surface area (Å²) in [5.41, 5.74) is 1.42. The fourth-order valence-corrected chi connectivity index (χ4v) is 1.67. The highest BCUT2D eigenvalue weighted by Crippen LogP contribution is 2.03. The van der Waals surface area contributed by atoms with Crippen LogP contribution in [0.3, 0.4) is 0 Å². The summed E-state index contributed by atoms with van der Waals surface area (Å²) in [7, 11) is 0. The molecular formula is C10H15NS. The highest BCUT2D eigenvalue weighted by Gasteiger charge is 1.90. The minimum absolute atomic E-state index is 1.04. The second-order valence-corrected chi connectivity index (χ2v) is 3.57. The molecule has 0 aliphatic carbocycles. The lowest BCUT2D eigenvalue weighted by Gasteiger charge is -2.00. The maximum Gasteiger partial charge on any atom is 0.0119 e. The summed E-state index contributed by atoms with van der Waals surface area (Å²) in [5, 5.41) is 0. The van der Waals surface area contributed by atoms with Gasteiger partial charge >= 0.3 is 0 Å². The second-order valence-electron chi connectivity index (χ2n) is 2.58. The van der Waals surface area contributed by atoms with Gasteiger partial charge in [0.1, 0.15) is 0 Å². The normalized spacial score (nSPS) is 10.1. The van der Waals surface area contributed by atoms with Gasteiger partial charge in [0.15, 0.2) is 0 Å². The van der Waals surface area contributed by atoms with Crippen LogP contribution in [0, 0.1) is 0 Å². The van der Waals surface area contributed by atoms with E-state index >= 15 is 0 Å². The molecule has 1 aromatic carbocycles. The summed E-state index contributed by atoms with van der Waals surface area (Å²) in [6, 6.07) is 10.6. The topological polar surface area (TPSA) is 12.0 Å². The van der Waals surface area contributed by atoms with E-state index in [1.165, 1.54) is 5.56 Å². The molecule has 1 aromatic rings. The van der Waals surface area contributed by atoms with E-state index in [1.807, 2.05) is 0 Å². The van der Waals surface area contributed by atoms with Gasteiger partial charge in [-0.05, 0) is 12.0 Å². The van der Waals surface area contributed by atoms with Crippen molar-refractivity contribution in [3.8, 4) is 0 Å². The van der Waals surface area contributed by atoms with Gasteiger partial charge in [-0.2, -0.15) is 0 Å². The van der Waals surface area contributed by atoms with Crippen LogP contribution in [0.5, 0.6) is 0 Å². The molecular weight excluding hydrogens is 166 g/mol. The van der Waals surface area contributed by atoms with Crippen molar-refractivity contribution < 1.29 is 0 Å². The standard InChI is InChI=1S/C10H15NS/c1-2-11-12-9-8-10-6-4-3-5-7-10/h3-7,11H,2,8-9H2,1H3. The maximum atomic E-state index is 3.24. The van der Waals surface area contributed by atoms with E-state index in [-0.39, 0.29) is 0 Å². The van der Waals surface area contributed by atoms with Crippen LogP contribution in [0.2, 0.25) is 0 Å². The maximum absolute atomic E-state index is 3.24. The Labute approximate surface area is 78.7 Å². The lowest BCUT2D eigenvalue weighted by molar-refractivity contribution is 1.02. The van der Waals surface area contributed by atoms with Gasteiger partial charge in [-0.25, -0.2) is 0 Å². The number of aryl methyl sites for hydroxylation is 1. The molecule has 0 aromatic heterocycles. The van der Waals surface area contributed by atoms with Crippen molar-refractivity contribution >= 4 is 11.9 Å². The molecule has 66 valence electrons. The number of hydrogen-bond donors (Lipinski definition) is 1. The van der Waals surface area contributed by atoms with Gasteiger partial charge in [0, 0.05) is 12.3 Å². The molecule has 1 rings (SSSR count). The highest BCUT2D eigenvalue weighted by atomic mass is 32.2. The zero-order valence-electron chi connectivity index (χ0n) is 7.42. The van der Waals surface area contributed by atoms with E-state index in [4.69, 9.17) is 0 Å². The Morgan fingerprint density at radius 2 is 2.00 bits per heavy atom. The Bertz CT molecular complexity index is 198. The van der Waals surface area contributed by atoms with Gasteiger partial charge in [-0.1, -0.05) is 49.2 Å². The van der Waals surface area contributed by atoms with Crippen LogP contribution < -0.4 is 4.72 Å². The predicted molar refractivity (Wildman–Crippen MR) is 56.3 cm³/mol. The average molecular weight is 181 g/mol. The number of nitrogens with one attached hydrogen (secondary N) is 1. The fourth-order valence-electron chi connectivity index (χ4n) is 0.988. The van der Waals surface area contributed by atoms with Gasteiger partial charge in [-0.3, -0.25) is 4.72 Å². The minimum Gasteiger partial charge on any atom is -0.264 e. The second kappa shape index (κ2) is 6.09. The van der Waals surface area contributed by atoms with Crippen molar-refractivity contribution in [2.45, 2.75) is 13.3 Å². The first-order valence-electron chi connectivity index (χ1n) is 4.32. The molecule has 12 heavy (non-hydrogen) atoms. The molecule has 0 aliphatic heterocycles. The molecule has 1 nitrogen and oxygen atoms in total. The SMILES string of the molecule is CCNSCCc1ccccc1. The smallest absolute Gasteiger partial charge is 0.0119 e. The van der Waals surface area contributed by atoms with Crippen LogP contribution in [0.15, 0.2) is 30.3 Å². The van der Waals surface area contributed by atoms with Crippen LogP contribution in [0.4, 0.5) is 0 Å². The molecule has 0 fully saturated rings. The van der Waals surface area contributed by atoms with E-state index in [0.717, 1.165) is 18.7 Å². The molecule has 0 amide bonds. The molecule has 0 atom stereocenters. The van der Waals surface area contributed by atoms with Crippen molar-refractivity contribution in [1.82, 2.24) is 4.72 Å². The third-order valence-electron chi connectivity index (χ3n) is 1.58. The largest absolute Gasteiger partial charge is 0.264 e. The van der Waals surface area contributed by atoms with Gasteiger partial charge < -0.3 is 0 Å². The van der Waals surface area contributed by atoms with Crippen LogP contribution in [0.1, 0.15) is 12.5 Å². The Balaban J connectivity index is 2.16. The highest BCUT2D eigenvalue weighted by molar-refractivity contribution is 7.97. The monoisotopic (exact) mass is 181 g/mol. The first kappa shape index (κ1) is 9.62. The third-order valence-corrected chi connectivity index (χ3v) is 2.48.